The van der Waals surface area contributed by atoms with Crippen molar-refractivity contribution in [1.82, 2.24) is 0 Å². The van der Waals surface area contributed by atoms with E-state index in [0.717, 1.165) is 30.5 Å². The van der Waals surface area contributed by atoms with Gasteiger partial charge < -0.3 is 19.1 Å². The van der Waals surface area contributed by atoms with Crippen LogP contribution < -0.4 is 14.4 Å². The Morgan fingerprint density at radius 1 is 0.939 bits per heavy atom. The minimum atomic E-state index is -0.768. The van der Waals surface area contributed by atoms with Crippen molar-refractivity contribution in [3.05, 3.63) is 53.6 Å². The number of hydrogen-bond donors (Lipinski definition) is 0. The Kier molecular flexibility index (Phi) is 5.79. The molecule has 5 rings (SSSR count). The van der Waals surface area contributed by atoms with Gasteiger partial charge in [0.1, 0.15) is 13.2 Å². The van der Waals surface area contributed by atoms with Crippen LogP contribution in [0.4, 0.5) is 5.69 Å². The van der Waals surface area contributed by atoms with E-state index in [1.54, 1.807) is 29.2 Å². The van der Waals surface area contributed by atoms with Crippen LogP contribution in [0.3, 0.4) is 0 Å². The van der Waals surface area contributed by atoms with Gasteiger partial charge in [-0.1, -0.05) is 18.9 Å². The van der Waals surface area contributed by atoms with Crippen LogP contribution in [0.2, 0.25) is 0 Å². The van der Waals surface area contributed by atoms with E-state index in [0.29, 0.717) is 56.1 Å². The Hall–Kier alpha value is -3.35. The average Bonchev–Trinajstić information content (AvgIpc) is 3.52. The molecule has 0 spiro atoms. The molecule has 1 amide bonds. The number of ether oxygens (including phenoxy) is 3. The van der Waals surface area contributed by atoms with Gasteiger partial charge in [-0.05, 0) is 61.2 Å². The molecule has 0 radical (unpaired) electrons. The fourth-order valence-electron chi connectivity index (χ4n) is 5.03. The van der Waals surface area contributed by atoms with E-state index in [4.69, 9.17) is 14.2 Å². The third kappa shape index (κ3) is 4.08. The highest BCUT2D eigenvalue weighted by Gasteiger charge is 2.45. The van der Waals surface area contributed by atoms with Crippen LogP contribution in [0.25, 0.3) is 0 Å². The van der Waals surface area contributed by atoms with E-state index in [1.165, 1.54) is 0 Å². The van der Waals surface area contributed by atoms with Crippen molar-refractivity contribution in [3.63, 3.8) is 0 Å². The summed E-state index contributed by atoms with van der Waals surface area (Å²) in [6, 6.07) is 12.5. The van der Waals surface area contributed by atoms with Crippen LogP contribution in [-0.4, -0.2) is 44.0 Å². The number of nitrogens with zero attached hydrogens (tertiary/aromatic N) is 1. The second kappa shape index (κ2) is 8.89. The van der Waals surface area contributed by atoms with Gasteiger partial charge in [-0.3, -0.25) is 14.4 Å². The van der Waals surface area contributed by atoms with E-state index in [-0.39, 0.29) is 24.3 Å². The maximum Gasteiger partial charge on any atom is 0.317 e. The molecule has 2 heterocycles. The highest BCUT2D eigenvalue weighted by Crippen LogP contribution is 2.45. The van der Waals surface area contributed by atoms with Crippen LogP contribution in [0.15, 0.2) is 42.5 Å². The molecule has 0 atom stereocenters. The predicted octanol–water partition coefficient (Wildman–Crippen LogP) is 3.82. The van der Waals surface area contributed by atoms with Crippen LogP contribution in [0.1, 0.15) is 54.4 Å². The lowest BCUT2D eigenvalue weighted by atomic mass is 9.78. The molecule has 2 aromatic carbocycles. The number of amides is 1. The summed E-state index contributed by atoms with van der Waals surface area (Å²) in [7, 11) is 0. The molecule has 172 valence electrons. The molecular formula is C26H27NO6. The van der Waals surface area contributed by atoms with Crippen LogP contribution in [-0.2, 0) is 19.7 Å². The Labute approximate surface area is 192 Å². The summed E-state index contributed by atoms with van der Waals surface area (Å²) in [4.78, 5) is 39.6. The summed E-state index contributed by atoms with van der Waals surface area (Å²) in [5, 5.41) is 0. The summed E-state index contributed by atoms with van der Waals surface area (Å²) in [6.45, 7) is 1.38. The van der Waals surface area contributed by atoms with Gasteiger partial charge in [0.15, 0.2) is 23.9 Å². The lowest BCUT2D eigenvalue weighted by Crippen LogP contribution is -2.36. The predicted molar refractivity (Wildman–Crippen MR) is 121 cm³/mol. The Morgan fingerprint density at radius 3 is 2.36 bits per heavy atom. The molecule has 2 fully saturated rings. The van der Waals surface area contributed by atoms with E-state index < -0.39 is 5.41 Å². The van der Waals surface area contributed by atoms with E-state index >= 15 is 0 Å². The Morgan fingerprint density at radius 2 is 1.67 bits per heavy atom. The lowest BCUT2D eigenvalue weighted by molar-refractivity contribution is -0.149. The minimum Gasteiger partial charge on any atom is -0.486 e. The number of esters is 1. The van der Waals surface area contributed by atoms with Gasteiger partial charge in [0.05, 0.1) is 5.41 Å². The number of ketones is 1. The average molecular weight is 450 g/mol. The van der Waals surface area contributed by atoms with Crippen LogP contribution >= 0.6 is 0 Å². The fourth-order valence-corrected chi connectivity index (χ4v) is 5.03. The zero-order valence-electron chi connectivity index (χ0n) is 18.5. The monoisotopic (exact) mass is 449 g/mol. The molecule has 2 aromatic rings. The molecule has 1 saturated heterocycles. The summed E-state index contributed by atoms with van der Waals surface area (Å²) < 4.78 is 16.9. The number of hydrogen-bond acceptors (Lipinski definition) is 6. The number of carbonyl (C=O) groups excluding carboxylic acids is 3. The quantitative estimate of drug-likeness (QED) is 0.493. The number of benzene rings is 2. The molecule has 3 aliphatic rings. The smallest absolute Gasteiger partial charge is 0.317 e. The van der Waals surface area contributed by atoms with Gasteiger partial charge in [-0.2, -0.15) is 0 Å². The molecule has 7 heteroatoms. The first kappa shape index (κ1) is 21.5. The number of fused-ring (bicyclic) bond motifs is 1. The first-order valence-electron chi connectivity index (χ1n) is 11.6. The third-order valence-electron chi connectivity index (χ3n) is 6.85. The summed E-state index contributed by atoms with van der Waals surface area (Å²) >= 11 is 0. The molecule has 7 nitrogen and oxygen atoms in total. The van der Waals surface area contributed by atoms with Crippen LogP contribution in [0, 0.1) is 0 Å². The zero-order chi connectivity index (χ0) is 22.8. The van der Waals surface area contributed by atoms with Crippen molar-refractivity contribution >= 4 is 23.3 Å². The fraction of sp³-hybridized carbons (Fsp3) is 0.423. The molecule has 2 aliphatic heterocycles. The van der Waals surface area contributed by atoms with Crippen molar-refractivity contribution in [2.24, 2.45) is 0 Å². The van der Waals surface area contributed by atoms with Crippen molar-refractivity contribution < 1.29 is 28.6 Å². The van der Waals surface area contributed by atoms with Gasteiger partial charge in [0.25, 0.3) is 0 Å². The number of carbonyl (C=O) groups is 3. The topological polar surface area (TPSA) is 82.1 Å². The number of anilines is 1. The second-order valence-corrected chi connectivity index (χ2v) is 8.84. The number of rotatable bonds is 6. The molecule has 0 aromatic heterocycles. The van der Waals surface area contributed by atoms with Crippen molar-refractivity contribution in [2.45, 2.75) is 43.9 Å². The van der Waals surface area contributed by atoms with Crippen molar-refractivity contribution in [1.29, 1.82) is 0 Å². The minimum absolute atomic E-state index is 0.101. The number of Topliss-reactive ketones (excluding diaryl/α,β-unsaturated/α-hetero) is 1. The maximum absolute atomic E-state index is 13.2. The van der Waals surface area contributed by atoms with E-state index in [9.17, 15) is 14.4 Å². The summed E-state index contributed by atoms with van der Waals surface area (Å²) in [6.07, 6.45) is 4.61. The molecule has 0 N–H and O–H groups in total. The molecule has 33 heavy (non-hydrogen) atoms. The molecular weight excluding hydrogens is 422 g/mol. The lowest BCUT2D eigenvalue weighted by Gasteiger charge is -2.28. The normalized spacial score (nSPS) is 18.9. The van der Waals surface area contributed by atoms with Crippen molar-refractivity contribution in [2.75, 3.05) is 31.3 Å². The molecule has 1 aliphatic carbocycles. The Balaban J connectivity index is 1.27. The van der Waals surface area contributed by atoms with E-state index in [2.05, 4.69) is 0 Å². The maximum atomic E-state index is 13.2. The Bertz CT molecular complexity index is 1070. The largest absolute Gasteiger partial charge is 0.486 e. The van der Waals surface area contributed by atoms with Gasteiger partial charge in [-0.25, -0.2) is 0 Å². The SMILES string of the molecule is O=C(COC(=O)C1(c2ccc3c(c2)OCCO3)CCCC1)c1ccc(N2CCCC2=O)cc1. The van der Waals surface area contributed by atoms with Gasteiger partial charge in [0, 0.05) is 24.2 Å². The standard InChI is InChI=1S/C26H27NO6/c28-21(18-5-8-20(9-6-18)27-13-3-4-24(27)29)17-33-25(30)26(11-1-2-12-26)19-7-10-22-23(16-19)32-15-14-31-22/h5-10,16H,1-4,11-15,17H2. The first-order chi connectivity index (χ1) is 16.1. The van der Waals surface area contributed by atoms with Gasteiger partial charge >= 0.3 is 5.97 Å². The van der Waals surface area contributed by atoms with Crippen molar-refractivity contribution in [3.8, 4) is 11.5 Å². The molecule has 1 saturated carbocycles. The van der Waals surface area contributed by atoms with E-state index in [1.807, 2.05) is 18.2 Å². The summed E-state index contributed by atoms with van der Waals surface area (Å²) in [5.41, 5.74) is 1.32. The van der Waals surface area contributed by atoms with Crippen LogP contribution in [0.5, 0.6) is 11.5 Å². The summed E-state index contributed by atoms with van der Waals surface area (Å²) in [5.74, 6) is 0.789. The van der Waals surface area contributed by atoms with Gasteiger partial charge in [-0.15, -0.1) is 0 Å². The zero-order valence-corrected chi connectivity index (χ0v) is 18.5. The molecule has 0 unspecified atom stereocenters. The second-order valence-electron chi connectivity index (χ2n) is 8.84. The first-order valence-corrected chi connectivity index (χ1v) is 11.6. The highest BCUT2D eigenvalue weighted by atomic mass is 16.6. The van der Waals surface area contributed by atoms with Gasteiger partial charge in [0.2, 0.25) is 5.91 Å². The highest BCUT2D eigenvalue weighted by molar-refractivity contribution is 6.00. The third-order valence-corrected chi connectivity index (χ3v) is 6.85. The molecule has 0 bridgehead atoms.